The Morgan fingerprint density at radius 2 is 1.88 bits per heavy atom. The molecule has 3 aromatic carbocycles. The highest BCUT2D eigenvalue weighted by atomic mass is 19.1. The standard InChI is InChI=1S/C34H34FN3O5/c1-3-42-31(39)18-22-7-9-23(35)19-29(22)43-30-20-34(12-15-38(16-13-34)33(40)41-2)28-10-8-21(17-27(28)30)24-5-4-6-26-25(24)11-14-37-32(26)36/h4-11,14,17,19,30H,3,12-13,15-16,18,20H2,1-2H3,(H2,36,37). The van der Waals surface area contributed by atoms with Gasteiger partial charge in [0.1, 0.15) is 23.5 Å². The first-order chi connectivity index (χ1) is 20.8. The van der Waals surface area contributed by atoms with Gasteiger partial charge in [-0.3, -0.25) is 4.79 Å². The number of methoxy groups -OCH3 is 1. The number of hydrogen-bond acceptors (Lipinski definition) is 7. The van der Waals surface area contributed by atoms with E-state index in [0.29, 0.717) is 36.6 Å². The highest BCUT2D eigenvalue weighted by Crippen LogP contribution is 2.53. The molecular formula is C34H34FN3O5. The highest BCUT2D eigenvalue weighted by molar-refractivity contribution is 6.01. The van der Waals surface area contributed by atoms with Gasteiger partial charge in [0.15, 0.2) is 0 Å². The predicted octanol–water partition coefficient (Wildman–Crippen LogP) is 6.35. The zero-order chi connectivity index (χ0) is 30.1. The number of hydrogen-bond donors (Lipinski definition) is 1. The van der Waals surface area contributed by atoms with Crippen LogP contribution in [0.15, 0.2) is 66.9 Å². The molecule has 1 aromatic heterocycles. The molecule has 1 aliphatic heterocycles. The summed E-state index contributed by atoms with van der Waals surface area (Å²) in [6.07, 6.45) is 3.09. The lowest BCUT2D eigenvalue weighted by atomic mass is 9.73. The fourth-order valence-electron chi connectivity index (χ4n) is 6.67. The Morgan fingerprint density at radius 1 is 1.07 bits per heavy atom. The topological polar surface area (TPSA) is 104 Å². The van der Waals surface area contributed by atoms with Gasteiger partial charge in [-0.25, -0.2) is 14.2 Å². The molecule has 1 unspecified atom stereocenters. The Bertz CT molecular complexity index is 1700. The monoisotopic (exact) mass is 583 g/mol. The fraction of sp³-hybridized carbons (Fsp3) is 0.324. The molecule has 222 valence electrons. The lowest BCUT2D eigenvalue weighted by molar-refractivity contribution is -0.142. The number of anilines is 1. The minimum Gasteiger partial charge on any atom is -0.485 e. The summed E-state index contributed by atoms with van der Waals surface area (Å²) in [7, 11) is 1.40. The number of carbonyl (C=O) groups is 2. The number of halogens is 1. The van der Waals surface area contributed by atoms with E-state index in [2.05, 4.69) is 29.2 Å². The molecule has 0 bridgehead atoms. The average molecular weight is 584 g/mol. The molecule has 0 saturated carbocycles. The van der Waals surface area contributed by atoms with Crippen molar-refractivity contribution in [2.75, 3.05) is 32.5 Å². The molecule has 6 rings (SSSR count). The zero-order valence-corrected chi connectivity index (χ0v) is 24.3. The van der Waals surface area contributed by atoms with Crippen LogP contribution in [0.5, 0.6) is 5.75 Å². The van der Waals surface area contributed by atoms with Crippen molar-refractivity contribution in [1.29, 1.82) is 0 Å². The number of benzene rings is 3. The molecule has 9 heteroatoms. The fourth-order valence-corrected chi connectivity index (χ4v) is 6.67. The summed E-state index contributed by atoms with van der Waals surface area (Å²) in [6, 6.07) is 18.6. The Labute approximate surface area is 249 Å². The third-order valence-electron chi connectivity index (χ3n) is 8.79. The van der Waals surface area contributed by atoms with Crippen molar-refractivity contribution in [3.8, 4) is 16.9 Å². The predicted molar refractivity (Wildman–Crippen MR) is 161 cm³/mol. The molecule has 8 nitrogen and oxygen atoms in total. The maximum absolute atomic E-state index is 14.5. The number of carbonyl (C=O) groups excluding carboxylic acids is 2. The summed E-state index contributed by atoms with van der Waals surface area (Å²) in [5.74, 6) is -0.0530. The third kappa shape index (κ3) is 5.35. The molecule has 1 aliphatic carbocycles. The second kappa shape index (κ2) is 11.6. The number of nitrogens with zero attached hydrogens (tertiary/aromatic N) is 2. The van der Waals surface area contributed by atoms with E-state index in [1.807, 2.05) is 18.2 Å². The van der Waals surface area contributed by atoms with Crippen molar-refractivity contribution < 1.29 is 28.2 Å². The number of fused-ring (bicyclic) bond motifs is 3. The number of esters is 1. The number of rotatable bonds is 6. The van der Waals surface area contributed by atoms with Crippen molar-refractivity contribution in [1.82, 2.24) is 9.88 Å². The largest absolute Gasteiger partial charge is 0.485 e. The number of nitrogens with two attached hydrogens (primary N) is 1. The molecule has 43 heavy (non-hydrogen) atoms. The second-order valence-electron chi connectivity index (χ2n) is 11.2. The van der Waals surface area contributed by atoms with Crippen molar-refractivity contribution >= 4 is 28.7 Å². The molecule has 1 saturated heterocycles. The van der Waals surface area contributed by atoms with Gasteiger partial charge in [0.25, 0.3) is 0 Å². The lowest BCUT2D eigenvalue weighted by Crippen LogP contribution is -2.44. The van der Waals surface area contributed by atoms with Gasteiger partial charge in [-0.05, 0) is 72.0 Å². The van der Waals surface area contributed by atoms with Crippen LogP contribution in [0.2, 0.25) is 0 Å². The van der Waals surface area contributed by atoms with E-state index in [1.54, 1.807) is 24.1 Å². The second-order valence-corrected chi connectivity index (χ2v) is 11.2. The van der Waals surface area contributed by atoms with Gasteiger partial charge in [-0.1, -0.05) is 36.4 Å². The van der Waals surface area contributed by atoms with Crippen LogP contribution < -0.4 is 10.5 Å². The summed E-state index contributed by atoms with van der Waals surface area (Å²) in [5.41, 5.74) is 10.7. The number of pyridine rings is 1. The molecule has 1 atom stereocenters. The normalized spacial score (nSPS) is 17.1. The minimum absolute atomic E-state index is 0.0201. The first-order valence-electron chi connectivity index (χ1n) is 14.5. The van der Waals surface area contributed by atoms with E-state index in [-0.39, 0.29) is 24.5 Å². The zero-order valence-electron chi connectivity index (χ0n) is 24.3. The SMILES string of the molecule is CCOC(=O)Cc1ccc(F)cc1OC1CC2(CCN(C(=O)OC)CC2)c2ccc(-c3cccc4c(N)nccc34)cc21. The van der Waals surface area contributed by atoms with Gasteiger partial charge in [0.05, 0.1) is 20.1 Å². The Morgan fingerprint density at radius 3 is 2.65 bits per heavy atom. The molecule has 1 fully saturated rings. The Hall–Kier alpha value is -4.66. The van der Waals surface area contributed by atoms with Crippen molar-refractivity contribution in [3.05, 3.63) is 89.4 Å². The lowest BCUT2D eigenvalue weighted by Gasteiger charge is -2.39. The van der Waals surface area contributed by atoms with Gasteiger partial charge in [0, 0.05) is 41.7 Å². The van der Waals surface area contributed by atoms with Gasteiger partial charge in [-0.15, -0.1) is 0 Å². The van der Waals surface area contributed by atoms with Crippen LogP contribution in [0.3, 0.4) is 0 Å². The maximum atomic E-state index is 14.5. The van der Waals surface area contributed by atoms with Gasteiger partial charge < -0.3 is 24.8 Å². The molecule has 2 aliphatic rings. The van der Waals surface area contributed by atoms with Crippen LogP contribution in [-0.2, 0) is 26.1 Å². The van der Waals surface area contributed by atoms with E-state index >= 15 is 0 Å². The average Bonchev–Trinajstić information content (AvgIpc) is 3.30. The first-order valence-corrected chi connectivity index (χ1v) is 14.5. The van der Waals surface area contributed by atoms with Crippen LogP contribution in [0, 0.1) is 5.82 Å². The number of amides is 1. The van der Waals surface area contributed by atoms with Crippen LogP contribution in [0.25, 0.3) is 21.9 Å². The van der Waals surface area contributed by atoms with E-state index in [4.69, 9.17) is 19.9 Å². The first kappa shape index (κ1) is 28.5. The van der Waals surface area contributed by atoms with E-state index in [0.717, 1.165) is 45.9 Å². The molecule has 4 aromatic rings. The number of nitrogen functional groups attached to an aromatic ring is 1. The van der Waals surface area contributed by atoms with Gasteiger partial charge in [0.2, 0.25) is 0 Å². The summed E-state index contributed by atoms with van der Waals surface area (Å²) in [5, 5.41) is 1.87. The van der Waals surface area contributed by atoms with Crippen molar-refractivity contribution in [3.63, 3.8) is 0 Å². The number of ether oxygens (including phenoxy) is 3. The van der Waals surface area contributed by atoms with Gasteiger partial charge in [-0.2, -0.15) is 0 Å². The molecule has 2 heterocycles. The molecule has 1 amide bonds. The third-order valence-corrected chi connectivity index (χ3v) is 8.79. The minimum atomic E-state index is -0.447. The van der Waals surface area contributed by atoms with Gasteiger partial charge >= 0.3 is 12.1 Å². The van der Waals surface area contributed by atoms with E-state index < -0.39 is 17.9 Å². The Balaban J connectivity index is 1.41. The summed E-state index contributed by atoms with van der Waals surface area (Å²) in [6.45, 7) is 3.13. The smallest absolute Gasteiger partial charge is 0.409 e. The van der Waals surface area contributed by atoms with Crippen LogP contribution in [0.4, 0.5) is 15.0 Å². The number of piperidine rings is 1. The molecule has 0 radical (unpaired) electrons. The number of aromatic nitrogens is 1. The summed E-state index contributed by atoms with van der Waals surface area (Å²) < 4.78 is 31.3. The maximum Gasteiger partial charge on any atom is 0.409 e. The Kier molecular flexibility index (Phi) is 7.64. The van der Waals surface area contributed by atoms with Crippen molar-refractivity contribution in [2.24, 2.45) is 0 Å². The van der Waals surface area contributed by atoms with E-state index in [9.17, 15) is 14.0 Å². The van der Waals surface area contributed by atoms with Crippen LogP contribution in [-0.4, -0.2) is 48.8 Å². The molecule has 1 spiro atoms. The van der Waals surface area contributed by atoms with Crippen LogP contribution in [0.1, 0.15) is 49.0 Å². The van der Waals surface area contributed by atoms with Crippen molar-refractivity contribution in [2.45, 2.75) is 44.1 Å². The molecular weight excluding hydrogens is 549 g/mol. The quantitative estimate of drug-likeness (QED) is 0.264. The molecule has 2 N–H and O–H groups in total. The van der Waals surface area contributed by atoms with E-state index in [1.165, 1.54) is 19.2 Å². The summed E-state index contributed by atoms with van der Waals surface area (Å²) >= 11 is 0. The highest BCUT2D eigenvalue weighted by Gasteiger charge is 2.47. The van der Waals surface area contributed by atoms with Crippen LogP contribution >= 0.6 is 0 Å². The summed E-state index contributed by atoms with van der Waals surface area (Å²) in [4.78, 5) is 30.6. The number of likely N-dealkylation sites (tertiary alicyclic amines) is 1.